The Morgan fingerprint density at radius 1 is 0.619 bits per heavy atom. The Labute approximate surface area is 122 Å². The monoisotopic (exact) mass is 285 g/mol. The second-order valence-corrected chi connectivity index (χ2v) is 4.53. The van der Waals surface area contributed by atoms with E-state index in [9.17, 15) is 14.4 Å². The Balaban J connectivity index is 3.58. The molecule has 0 aromatic heterocycles. The third-order valence-electron chi connectivity index (χ3n) is 3.62. The zero-order chi connectivity index (χ0) is 15.8. The minimum atomic E-state index is 0.192. The maximum absolute atomic E-state index is 10.4. The second kappa shape index (κ2) is 7.83. The molecular weight excluding hydrogens is 270 g/mol. The molecule has 1 rings (SSSR count). The first-order valence-corrected chi connectivity index (χ1v) is 6.29. The Kier molecular flexibility index (Phi) is 6.12. The van der Waals surface area contributed by atoms with Crippen LogP contribution >= 0.6 is 0 Å². The van der Waals surface area contributed by atoms with Crippen molar-refractivity contribution < 1.29 is 14.4 Å². The number of hydrogen-bond donors (Lipinski definition) is 0. The zero-order valence-corrected chi connectivity index (χ0v) is 12.2. The van der Waals surface area contributed by atoms with E-state index in [0.29, 0.717) is 0 Å². The summed E-state index contributed by atoms with van der Waals surface area (Å²) in [5, 5.41) is 0. The van der Waals surface area contributed by atoms with Crippen molar-refractivity contribution in [1.29, 1.82) is 0 Å². The largest absolute Gasteiger partial charge is 0.235 e. The van der Waals surface area contributed by atoms with Crippen molar-refractivity contribution in [3.8, 4) is 0 Å². The van der Waals surface area contributed by atoms with Crippen LogP contribution in [-0.4, -0.2) is 18.2 Å². The molecule has 6 nitrogen and oxygen atoms in total. The first-order chi connectivity index (χ1) is 10.1. The van der Waals surface area contributed by atoms with E-state index in [1.165, 1.54) is 18.2 Å². The van der Waals surface area contributed by atoms with Gasteiger partial charge in [0.25, 0.3) is 0 Å². The molecule has 0 saturated heterocycles. The Morgan fingerprint density at radius 2 is 0.857 bits per heavy atom. The Morgan fingerprint density at radius 3 is 1.05 bits per heavy atom. The molecule has 0 heterocycles. The maximum atomic E-state index is 10.4. The van der Waals surface area contributed by atoms with Crippen LogP contribution in [0.5, 0.6) is 0 Å². The molecule has 0 aliphatic rings. The highest BCUT2D eigenvalue weighted by molar-refractivity contribution is 5.52. The summed E-state index contributed by atoms with van der Waals surface area (Å²) in [5.41, 5.74) is 5.33. The van der Waals surface area contributed by atoms with Crippen LogP contribution < -0.4 is 0 Å². The molecule has 1 aromatic rings. The molecule has 21 heavy (non-hydrogen) atoms. The molecule has 0 bridgehead atoms. The molecule has 0 spiro atoms. The highest BCUT2D eigenvalue weighted by atomic mass is 16.1. The first-order valence-electron chi connectivity index (χ1n) is 6.29. The predicted molar refractivity (Wildman–Crippen MR) is 76.1 cm³/mol. The number of hydrogen-bond acceptors (Lipinski definition) is 6. The lowest BCUT2D eigenvalue weighted by molar-refractivity contribution is 0.562. The van der Waals surface area contributed by atoms with Gasteiger partial charge < -0.3 is 0 Å². The van der Waals surface area contributed by atoms with Crippen molar-refractivity contribution in [3.05, 3.63) is 33.4 Å². The van der Waals surface area contributed by atoms with Gasteiger partial charge in [-0.1, -0.05) is 0 Å². The molecule has 0 N–H and O–H groups in total. The summed E-state index contributed by atoms with van der Waals surface area (Å²) < 4.78 is 0. The summed E-state index contributed by atoms with van der Waals surface area (Å²) in [6, 6.07) is 0. The van der Waals surface area contributed by atoms with Gasteiger partial charge >= 0.3 is 0 Å². The average Bonchev–Trinajstić information content (AvgIpc) is 2.47. The van der Waals surface area contributed by atoms with Crippen LogP contribution in [0.2, 0.25) is 0 Å². The zero-order valence-electron chi connectivity index (χ0n) is 12.2. The SMILES string of the molecule is Cc1c(CN=C=O)c(C)c(CN=C=O)c(C)c1CN=C=O. The van der Waals surface area contributed by atoms with Gasteiger partial charge in [-0.05, 0) is 54.2 Å². The summed E-state index contributed by atoms with van der Waals surface area (Å²) in [6.45, 7) is 6.24. The molecular formula is C15H15N3O3. The average molecular weight is 285 g/mol. The topological polar surface area (TPSA) is 88.3 Å². The van der Waals surface area contributed by atoms with Gasteiger partial charge in [0.2, 0.25) is 18.2 Å². The van der Waals surface area contributed by atoms with Gasteiger partial charge in [-0.25, -0.2) is 29.4 Å². The van der Waals surface area contributed by atoms with Crippen molar-refractivity contribution in [3.63, 3.8) is 0 Å². The smallest absolute Gasteiger partial charge is 0.211 e. The highest BCUT2D eigenvalue weighted by Crippen LogP contribution is 2.29. The normalized spacial score (nSPS) is 9.29. The number of rotatable bonds is 6. The standard InChI is InChI=1S/C15H15N3O3/c1-10-13(4-16-7-19)11(2)15(6-18-9-21)12(3)14(10)5-17-8-20/h4-6H2,1-3H3. The van der Waals surface area contributed by atoms with Crippen molar-refractivity contribution in [1.82, 2.24) is 0 Å². The molecule has 0 aliphatic carbocycles. The predicted octanol–water partition coefficient (Wildman–Crippen LogP) is 2.12. The van der Waals surface area contributed by atoms with Crippen LogP contribution in [0.3, 0.4) is 0 Å². The van der Waals surface area contributed by atoms with E-state index in [-0.39, 0.29) is 19.6 Å². The maximum Gasteiger partial charge on any atom is 0.235 e. The van der Waals surface area contributed by atoms with Crippen molar-refractivity contribution in [2.24, 2.45) is 15.0 Å². The fourth-order valence-corrected chi connectivity index (χ4v) is 2.44. The third kappa shape index (κ3) is 3.68. The molecule has 0 atom stereocenters. The second-order valence-electron chi connectivity index (χ2n) is 4.53. The van der Waals surface area contributed by atoms with Crippen LogP contribution in [-0.2, 0) is 34.0 Å². The summed E-state index contributed by atoms with van der Waals surface area (Å²) in [7, 11) is 0. The van der Waals surface area contributed by atoms with Gasteiger partial charge in [0.05, 0.1) is 19.6 Å². The Hall–Kier alpha value is -2.64. The molecule has 108 valence electrons. The quantitative estimate of drug-likeness (QED) is 0.592. The van der Waals surface area contributed by atoms with Gasteiger partial charge in [0, 0.05) is 0 Å². The summed E-state index contributed by atoms with van der Waals surface area (Å²) in [4.78, 5) is 41.9. The lowest BCUT2D eigenvalue weighted by atomic mass is 9.88. The van der Waals surface area contributed by atoms with E-state index in [4.69, 9.17) is 0 Å². The van der Waals surface area contributed by atoms with Gasteiger partial charge in [-0.15, -0.1) is 0 Å². The van der Waals surface area contributed by atoms with Crippen LogP contribution in [0.1, 0.15) is 33.4 Å². The van der Waals surface area contributed by atoms with E-state index in [1.54, 1.807) is 0 Å². The van der Waals surface area contributed by atoms with Gasteiger partial charge in [0.15, 0.2) is 0 Å². The lowest BCUT2D eigenvalue weighted by Crippen LogP contribution is -2.07. The van der Waals surface area contributed by atoms with Crippen LogP contribution in [0, 0.1) is 20.8 Å². The van der Waals surface area contributed by atoms with Crippen molar-refractivity contribution >= 4 is 18.2 Å². The molecule has 1 aromatic carbocycles. The van der Waals surface area contributed by atoms with Crippen molar-refractivity contribution in [2.75, 3.05) is 0 Å². The van der Waals surface area contributed by atoms with E-state index in [0.717, 1.165) is 33.4 Å². The summed E-state index contributed by atoms with van der Waals surface area (Å²) in [6.07, 6.45) is 4.54. The van der Waals surface area contributed by atoms with Crippen LogP contribution in [0.25, 0.3) is 0 Å². The molecule has 0 saturated carbocycles. The molecule has 0 unspecified atom stereocenters. The van der Waals surface area contributed by atoms with E-state index < -0.39 is 0 Å². The molecule has 0 aliphatic heterocycles. The molecule has 0 amide bonds. The van der Waals surface area contributed by atoms with Crippen LogP contribution in [0.4, 0.5) is 0 Å². The summed E-state index contributed by atoms with van der Waals surface area (Å²) in [5.74, 6) is 0. The van der Waals surface area contributed by atoms with Crippen molar-refractivity contribution in [2.45, 2.75) is 40.4 Å². The minimum Gasteiger partial charge on any atom is -0.211 e. The highest BCUT2D eigenvalue weighted by Gasteiger charge is 2.16. The molecule has 0 radical (unpaired) electrons. The van der Waals surface area contributed by atoms with E-state index >= 15 is 0 Å². The number of nitrogens with zero attached hydrogens (tertiary/aromatic N) is 3. The Bertz CT molecular complexity index is 574. The van der Waals surface area contributed by atoms with E-state index in [2.05, 4.69) is 15.0 Å². The number of carbonyl (C=O) groups excluding carboxylic acids is 3. The van der Waals surface area contributed by atoms with Crippen LogP contribution in [0.15, 0.2) is 15.0 Å². The first kappa shape index (κ1) is 16.4. The molecule has 6 heteroatoms. The number of isocyanates is 3. The molecule has 0 fully saturated rings. The minimum absolute atomic E-state index is 0.192. The van der Waals surface area contributed by atoms with Gasteiger partial charge in [0.1, 0.15) is 0 Å². The number of aliphatic imine (C=N–C) groups is 3. The summed E-state index contributed by atoms with van der Waals surface area (Å²) >= 11 is 0. The lowest BCUT2D eigenvalue weighted by Gasteiger charge is -2.19. The van der Waals surface area contributed by atoms with Gasteiger partial charge in [-0.3, -0.25) is 0 Å². The van der Waals surface area contributed by atoms with Gasteiger partial charge in [-0.2, -0.15) is 0 Å². The number of benzene rings is 1. The fraction of sp³-hybridized carbons (Fsp3) is 0.400. The fourth-order valence-electron chi connectivity index (χ4n) is 2.44. The van der Waals surface area contributed by atoms with E-state index in [1.807, 2.05) is 20.8 Å². The third-order valence-corrected chi connectivity index (χ3v) is 3.62.